The van der Waals surface area contributed by atoms with E-state index in [4.69, 9.17) is 0 Å². The smallest absolute Gasteiger partial charge is 0.259 e. The Bertz CT molecular complexity index is 796. The molecule has 0 aliphatic carbocycles. The first kappa shape index (κ1) is 18.9. The van der Waals surface area contributed by atoms with Crippen molar-refractivity contribution < 1.29 is 9.59 Å². The van der Waals surface area contributed by atoms with E-state index < -0.39 is 0 Å². The number of anilines is 2. The largest absolute Gasteiger partial charge is 0.356 e. The number of hydrogen-bond donors (Lipinski definition) is 2. The average molecular weight is 366 g/mol. The highest BCUT2D eigenvalue weighted by molar-refractivity contribution is 6.07. The average Bonchev–Trinajstić information content (AvgIpc) is 3.17. The minimum Gasteiger partial charge on any atom is -0.356 e. The zero-order valence-corrected chi connectivity index (χ0v) is 15.9. The molecule has 142 valence electrons. The lowest BCUT2D eigenvalue weighted by atomic mass is 10.1. The predicted octanol–water partition coefficient (Wildman–Crippen LogP) is 3.00. The third kappa shape index (κ3) is 5.06. The second-order valence-electron chi connectivity index (χ2n) is 7.12. The molecule has 0 saturated carbocycles. The van der Waals surface area contributed by atoms with E-state index in [1.807, 2.05) is 38.1 Å². The topological polar surface area (TPSA) is 74.3 Å². The lowest BCUT2D eigenvalue weighted by molar-refractivity contribution is -0.120. The summed E-state index contributed by atoms with van der Waals surface area (Å²) in [6, 6.07) is 11.1. The number of rotatable bonds is 6. The lowest BCUT2D eigenvalue weighted by Gasteiger charge is -2.19. The fourth-order valence-electron chi connectivity index (χ4n) is 3.22. The summed E-state index contributed by atoms with van der Waals surface area (Å²) < 4.78 is 0. The third-order valence-electron chi connectivity index (χ3n) is 4.46. The first-order valence-electron chi connectivity index (χ1n) is 9.42. The van der Waals surface area contributed by atoms with Gasteiger partial charge in [0.2, 0.25) is 5.91 Å². The number of benzene rings is 1. The van der Waals surface area contributed by atoms with Crippen LogP contribution in [0.3, 0.4) is 0 Å². The highest BCUT2D eigenvalue weighted by atomic mass is 16.2. The summed E-state index contributed by atoms with van der Waals surface area (Å²) in [5.41, 5.74) is 2.19. The van der Waals surface area contributed by atoms with Crippen LogP contribution in [0.4, 0.5) is 11.5 Å². The van der Waals surface area contributed by atoms with Crippen LogP contribution in [-0.4, -0.2) is 35.9 Å². The van der Waals surface area contributed by atoms with Crippen LogP contribution in [-0.2, 0) is 11.2 Å². The highest BCUT2D eigenvalue weighted by Gasteiger charge is 2.20. The summed E-state index contributed by atoms with van der Waals surface area (Å²) in [7, 11) is 0. The molecule has 0 unspecified atom stereocenters. The lowest BCUT2D eigenvalue weighted by Crippen LogP contribution is -2.31. The van der Waals surface area contributed by atoms with Crippen molar-refractivity contribution in [2.45, 2.75) is 39.2 Å². The Labute approximate surface area is 160 Å². The fourth-order valence-corrected chi connectivity index (χ4v) is 3.22. The van der Waals surface area contributed by atoms with E-state index in [0.29, 0.717) is 17.7 Å². The van der Waals surface area contributed by atoms with Gasteiger partial charge in [-0.1, -0.05) is 12.1 Å². The van der Waals surface area contributed by atoms with Crippen LogP contribution in [0.2, 0.25) is 0 Å². The van der Waals surface area contributed by atoms with Crippen LogP contribution in [0, 0.1) is 0 Å². The molecular weight excluding hydrogens is 340 g/mol. The summed E-state index contributed by atoms with van der Waals surface area (Å²) in [5, 5.41) is 5.80. The molecule has 6 nitrogen and oxygen atoms in total. The Balaban J connectivity index is 1.65. The van der Waals surface area contributed by atoms with E-state index in [1.165, 1.54) is 0 Å². The molecule has 1 aliphatic heterocycles. The van der Waals surface area contributed by atoms with Crippen LogP contribution < -0.4 is 15.5 Å². The van der Waals surface area contributed by atoms with E-state index in [1.54, 1.807) is 18.3 Å². The molecule has 0 atom stereocenters. The normalized spacial score (nSPS) is 13.7. The van der Waals surface area contributed by atoms with Gasteiger partial charge in [0.1, 0.15) is 5.82 Å². The van der Waals surface area contributed by atoms with E-state index in [-0.39, 0.29) is 17.9 Å². The van der Waals surface area contributed by atoms with Crippen LogP contribution in [0.15, 0.2) is 42.6 Å². The van der Waals surface area contributed by atoms with Gasteiger partial charge in [-0.15, -0.1) is 0 Å². The monoisotopic (exact) mass is 366 g/mol. The molecular formula is C21H26N4O2. The Kier molecular flexibility index (Phi) is 6.06. The third-order valence-corrected chi connectivity index (χ3v) is 4.46. The predicted molar refractivity (Wildman–Crippen MR) is 107 cm³/mol. The molecule has 1 aromatic carbocycles. The van der Waals surface area contributed by atoms with Crippen LogP contribution in [0.1, 0.15) is 42.6 Å². The first-order chi connectivity index (χ1) is 13.0. The van der Waals surface area contributed by atoms with E-state index in [0.717, 1.165) is 37.3 Å². The maximum atomic E-state index is 12.7. The minimum atomic E-state index is -0.171. The Morgan fingerprint density at radius 3 is 2.48 bits per heavy atom. The van der Waals surface area contributed by atoms with Crippen LogP contribution in [0.5, 0.6) is 0 Å². The van der Waals surface area contributed by atoms with Crippen molar-refractivity contribution in [1.29, 1.82) is 0 Å². The molecule has 1 aromatic heterocycles. The molecule has 2 aromatic rings. The SMILES string of the molecule is CC(C)NC(=O)Cc1ccc(NC(=O)c2cccnc2N2CCCC2)cc1. The zero-order chi connectivity index (χ0) is 19.2. The van der Waals surface area contributed by atoms with Gasteiger partial charge in [0.05, 0.1) is 12.0 Å². The Hall–Kier alpha value is -2.89. The standard InChI is InChI=1S/C21H26N4O2/c1-15(2)23-19(26)14-16-7-9-17(10-8-16)24-21(27)18-6-5-11-22-20(18)25-12-3-4-13-25/h5-11,15H,3-4,12-14H2,1-2H3,(H,23,26)(H,24,27). The maximum absolute atomic E-state index is 12.7. The van der Waals surface area contributed by atoms with Gasteiger partial charge in [0.15, 0.2) is 0 Å². The molecule has 2 heterocycles. The number of amides is 2. The Morgan fingerprint density at radius 2 is 1.81 bits per heavy atom. The quantitative estimate of drug-likeness (QED) is 0.824. The molecule has 6 heteroatoms. The molecule has 2 N–H and O–H groups in total. The summed E-state index contributed by atoms with van der Waals surface area (Å²) in [6.45, 7) is 5.74. The second-order valence-corrected chi connectivity index (χ2v) is 7.12. The molecule has 27 heavy (non-hydrogen) atoms. The van der Waals surface area contributed by atoms with Crippen LogP contribution in [0.25, 0.3) is 0 Å². The molecule has 1 saturated heterocycles. The zero-order valence-electron chi connectivity index (χ0n) is 15.9. The molecule has 0 radical (unpaired) electrons. The van der Waals surface area contributed by atoms with Crippen molar-refractivity contribution in [1.82, 2.24) is 10.3 Å². The summed E-state index contributed by atoms with van der Waals surface area (Å²) >= 11 is 0. The molecule has 2 amide bonds. The number of aromatic nitrogens is 1. The van der Waals surface area contributed by atoms with Crippen LogP contribution >= 0.6 is 0 Å². The van der Waals surface area contributed by atoms with Crippen molar-refractivity contribution in [3.8, 4) is 0 Å². The van der Waals surface area contributed by atoms with Crippen molar-refractivity contribution >= 4 is 23.3 Å². The van der Waals surface area contributed by atoms with E-state index >= 15 is 0 Å². The summed E-state index contributed by atoms with van der Waals surface area (Å²) in [6.07, 6.45) is 4.31. The molecule has 1 fully saturated rings. The number of carbonyl (C=O) groups is 2. The summed E-state index contributed by atoms with van der Waals surface area (Å²) in [5.74, 6) is 0.567. The van der Waals surface area contributed by atoms with Crippen molar-refractivity contribution in [2.24, 2.45) is 0 Å². The fraction of sp³-hybridized carbons (Fsp3) is 0.381. The minimum absolute atomic E-state index is 0.00704. The summed E-state index contributed by atoms with van der Waals surface area (Å²) in [4.78, 5) is 31.1. The van der Waals surface area contributed by atoms with Gasteiger partial charge in [-0.2, -0.15) is 0 Å². The first-order valence-corrected chi connectivity index (χ1v) is 9.42. The van der Waals surface area contributed by atoms with Gasteiger partial charge in [0, 0.05) is 31.0 Å². The van der Waals surface area contributed by atoms with E-state index in [9.17, 15) is 9.59 Å². The highest BCUT2D eigenvalue weighted by Crippen LogP contribution is 2.23. The number of carbonyl (C=O) groups excluding carboxylic acids is 2. The number of hydrogen-bond acceptors (Lipinski definition) is 4. The maximum Gasteiger partial charge on any atom is 0.259 e. The van der Waals surface area contributed by atoms with Gasteiger partial charge >= 0.3 is 0 Å². The number of nitrogens with one attached hydrogen (secondary N) is 2. The molecule has 1 aliphatic rings. The molecule has 0 spiro atoms. The number of nitrogens with zero attached hydrogens (tertiary/aromatic N) is 2. The van der Waals surface area contributed by atoms with E-state index in [2.05, 4.69) is 20.5 Å². The van der Waals surface area contributed by atoms with Gasteiger partial charge in [-0.3, -0.25) is 9.59 Å². The molecule has 0 bridgehead atoms. The Morgan fingerprint density at radius 1 is 1.11 bits per heavy atom. The van der Waals surface area contributed by atoms with Gasteiger partial charge in [-0.25, -0.2) is 4.98 Å². The van der Waals surface area contributed by atoms with Gasteiger partial charge in [0.25, 0.3) is 5.91 Å². The molecule has 3 rings (SSSR count). The van der Waals surface area contributed by atoms with Crippen molar-refractivity contribution in [3.05, 3.63) is 53.7 Å². The second kappa shape index (κ2) is 8.66. The van der Waals surface area contributed by atoms with Crippen molar-refractivity contribution in [3.63, 3.8) is 0 Å². The number of pyridine rings is 1. The van der Waals surface area contributed by atoms with Crippen molar-refractivity contribution in [2.75, 3.05) is 23.3 Å². The van der Waals surface area contributed by atoms with Gasteiger partial charge < -0.3 is 15.5 Å². The van der Waals surface area contributed by atoms with Gasteiger partial charge in [-0.05, 0) is 56.5 Å².